The van der Waals surface area contributed by atoms with E-state index < -0.39 is 36.8 Å². The van der Waals surface area contributed by atoms with Crippen molar-refractivity contribution in [1.82, 2.24) is 0 Å². The van der Waals surface area contributed by atoms with Crippen molar-refractivity contribution in [3.05, 3.63) is 23.1 Å². The van der Waals surface area contributed by atoms with Crippen molar-refractivity contribution >= 4 is 107 Å². The molecule has 0 bridgehead atoms. The molecule has 3 heterocycles. The number of hydrogen-bond donors (Lipinski definition) is 0. The van der Waals surface area contributed by atoms with Crippen LogP contribution in [0.15, 0.2) is 18.2 Å². The Labute approximate surface area is 260 Å². The van der Waals surface area contributed by atoms with Gasteiger partial charge in [-0.2, -0.15) is 0 Å². The van der Waals surface area contributed by atoms with Crippen LogP contribution >= 0.6 is 34.0 Å². The molecule has 0 amide bonds. The van der Waals surface area contributed by atoms with Crippen molar-refractivity contribution in [2.75, 3.05) is 0 Å². The summed E-state index contributed by atoms with van der Waals surface area (Å²) >= 11 is 2.20. The van der Waals surface area contributed by atoms with Gasteiger partial charge in [0.25, 0.3) is 0 Å². The molecule has 4 aromatic rings. The van der Waals surface area contributed by atoms with Gasteiger partial charge in [0, 0.05) is 0 Å². The first-order valence-corrected chi connectivity index (χ1v) is 38.4. The average molecular weight is 796 g/mol. The summed E-state index contributed by atoms with van der Waals surface area (Å²) in [4.78, 5) is 17.1. The predicted octanol–water partition coefficient (Wildman–Crippen LogP) is 12.4. The molecule has 0 radical (unpaired) electrons. The van der Waals surface area contributed by atoms with Gasteiger partial charge in [0.1, 0.15) is 0 Å². The SMILES string of the molecule is CCCCCCCCCCCCCCCCc1cc2c3c[c]([Sn]([CH3])([CH3])[CH3])sc3c3s[c]([Sn]([CH3])([CH3])[CH3])cc3c2s1. The summed E-state index contributed by atoms with van der Waals surface area (Å²) in [6, 6.07) is 7.85. The van der Waals surface area contributed by atoms with Crippen LogP contribution in [0.3, 0.4) is 0 Å². The van der Waals surface area contributed by atoms with Crippen LogP contribution in [0.25, 0.3) is 30.3 Å². The monoisotopic (exact) mass is 798 g/mol. The van der Waals surface area contributed by atoms with Gasteiger partial charge in [-0.1, -0.05) is 64.7 Å². The molecule has 3 aromatic heterocycles. The molecule has 0 nitrogen and oxygen atoms in total. The molecular weight excluding hydrogens is 742 g/mol. The van der Waals surface area contributed by atoms with Crippen LogP contribution in [0.5, 0.6) is 0 Å². The minimum atomic E-state index is -2.11. The van der Waals surface area contributed by atoms with Gasteiger partial charge in [0.2, 0.25) is 0 Å². The average Bonchev–Trinajstić information content (AvgIpc) is 3.59. The number of aryl methyl sites for hydroxylation is 1. The van der Waals surface area contributed by atoms with E-state index in [1.165, 1.54) is 96.3 Å². The molecular formula is C34H54S3Sn2. The van der Waals surface area contributed by atoms with Crippen LogP contribution in [0.2, 0.25) is 29.6 Å². The predicted molar refractivity (Wildman–Crippen MR) is 193 cm³/mol. The summed E-state index contributed by atoms with van der Waals surface area (Å²) in [5.74, 6) is 0. The minimum absolute atomic E-state index is 1.27. The molecule has 1 aromatic carbocycles. The van der Waals surface area contributed by atoms with E-state index in [9.17, 15) is 0 Å². The van der Waals surface area contributed by atoms with Crippen LogP contribution < -0.4 is 5.79 Å². The van der Waals surface area contributed by atoms with Gasteiger partial charge in [-0.15, -0.1) is 0 Å². The molecule has 0 aliphatic heterocycles. The molecule has 5 heteroatoms. The van der Waals surface area contributed by atoms with Crippen molar-refractivity contribution in [3.63, 3.8) is 0 Å². The fraction of sp³-hybridized carbons (Fsp3) is 0.647. The van der Waals surface area contributed by atoms with Crippen molar-refractivity contribution in [1.29, 1.82) is 0 Å². The third kappa shape index (κ3) is 8.86. The van der Waals surface area contributed by atoms with Gasteiger partial charge in [0.05, 0.1) is 0 Å². The molecule has 0 atom stereocenters. The van der Waals surface area contributed by atoms with Crippen LogP contribution in [0, 0.1) is 0 Å². The van der Waals surface area contributed by atoms with E-state index in [0.29, 0.717) is 0 Å². The first-order chi connectivity index (χ1) is 18.6. The third-order valence-corrected chi connectivity index (χ3v) is 30.8. The van der Waals surface area contributed by atoms with E-state index in [2.05, 4.69) is 88.8 Å². The topological polar surface area (TPSA) is 0 Å². The fourth-order valence-corrected chi connectivity index (χ4v) is 19.9. The zero-order valence-electron chi connectivity index (χ0n) is 26.1. The van der Waals surface area contributed by atoms with Crippen LogP contribution in [0.4, 0.5) is 0 Å². The Bertz CT molecular complexity index is 1240. The summed E-state index contributed by atoms with van der Waals surface area (Å²) in [6.45, 7) is 2.31. The zero-order valence-corrected chi connectivity index (χ0v) is 34.2. The summed E-state index contributed by atoms with van der Waals surface area (Å²) < 4.78 is 8.28. The second-order valence-electron chi connectivity index (χ2n) is 14.0. The normalized spacial score (nSPS) is 13.0. The Kier molecular flexibility index (Phi) is 12.5. The second-order valence-corrected chi connectivity index (χ2v) is 48.1. The standard InChI is InChI=1S/C28H36S3.6CH3.2Sn/c1-2-3-4-5-6-7-8-9-10-11-12-13-14-15-16-22-21-25-23-17-19-29-27(23)28-24(18-20-30-28)26(25)31-22;;;;;;;;/h17-18,21H,2-16H2,1H3;6*1H3;;. The molecule has 0 aliphatic rings. The van der Waals surface area contributed by atoms with Gasteiger partial charge in [-0.05, 0) is 0 Å². The van der Waals surface area contributed by atoms with Gasteiger partial charge in [0.15, 0.2) is 0 Å². The molecule has 0 unspecified atom stereocenters. The third-order valence-electron chi connectivity index (χ3n) is 8.24. The first kappa shape index (κ1) is 32.6. The van der Waals surface area contributed by atoms with Crippen molar-refractivity contribution < 1.29 is 0 Å². The summed E-state index contributed by atoms with van der Waals surface area (Å²) in [5, 5.41) is 4.72. The van der Waals surface area contributed by atoms with Gasteiger partial charge in [-0.3, -0.25) is 0 Å². The Morgan fingerprint density at radius 2 is 0.872 bits per heavy atom. The molecule has 0 fully saturated rings. The molecule has 4 rings (SSSR count). The van der Waals surface area contributed by atoms with E-state index in [4.69, 9.17) is 0 Å². The second kappa shape index (κ2) is 14.9. The summed E-state index contributed by atoms with van der Waals surface area (Å²) in [7, 11) is 0. The van der Waals surface area contributed by atoms with Crippen molar-refractivity contribution in [3.8, 4) is 0 Å². The maximum absolute atomic E-state index is 2.63. The Hall–Kier alpha value is 0.697. The Balaban J connectivity index is 1.33. The van der Waals surface area contributed by atoms with Crippen molar-refractivity contribution in [2.24, 2.45) is 0 Å². The summed E-state index contributed by atoms with van der Waals surface area (Å²) in [6.07, 6.45) is 21.4. The Morgan fingerprint density at radius 1 is 0.462 bits per heavy atom. The molecule has 0 N–H and O–H groups in total. The zero-order chi connectivity index (χ0) is 28.0. The molecule has 0 saturated carbocycles. The first-order valence-electron chi connectivity index (χ1n) is 16.0. The molecule has 0 spiro atoms. The number of benzene rings is 1. The number of hydrogen-bond acceptors (Lipinski definition) is 3. The van der Waals surface area contributed by atoms with E-state index in [0.717, 1.165) is 0 Å². The molecule has 0 aliphatic carbocycles. The van der Waals surface area contributed by atoms with Crippen LogP contribution in [-0.2, 0) is 6.42 Å². The quantitative estimate of drug-likeness (QED) is 0.0738. The van der Waals surface area contributed by atoms with E-state index in [1.807, 2.05) is 0 Å². The molecule has 216 valence electrons. The maximum atomic E-state index is 2.63. The van der Waals surface area contributed by atoms with E-state index in [1.54, 1.807) is 40.9 Å². The van der Waals surface area contributed by atoms with Gasteiger partial charge >= 0.3 is 198 Å². The number of thiophene rings is 3. The number of rotatable bonds is 17. The molecule has 39 heavy (non-hydrogen) atoms. The van der Waals surface area contributed by atoms with Crippen LogP contribution in [-0.4, -0.2) is 36.8 Å². The number of fused-ring (bicyclic) bond motifs is 6. The van der Waals surface area contributed by atoms with Gasteiger partial charge in [-0.25, -0.2) is 0 Å². The van der Waals surface area contributed by atoms with E-state index >= 15 is 0 Å². The fourth-order valence-electron chi connectivity index (χ4n) is 5.69. The van der Waals surface area contributed by atoms with Crippen LogP contribution in [0.1, 0.15) is 102 Å². The van der Waals surface area contributed by atoms with E-state index in [-0.39, 0.29) is 0 Å². The molecule has 0 saturated heterocycles. The number of unbranched alkanes of at least 4 members (excludes halogenated alkanes) is 13. The van der Waals surface area contributed by atoms with Gasteiger partial charge < -0.3 is 0 Å². The Morgan fingerprint density at radius 3 is 1.36 bits per heavy atom. The summed E-state index contributed by atoms with van der Waals surface area (Å²) in [5.41, 5.74) is 0. The van der Waals surface area contributed by atoms with Crippen molar-refractivity contribution in [2.45, 2.75) is 133 Å².